The maximum Gasteiger partial charge on any atom is 0.227 e. The molecular weight excluding hydrogens is 463 g/mol. The van der Waals surface area contributed by atoms with Gasteiger partial charge in [0.15, 0.2) is 5.96 Å². The van der Waals surface area contributed by atoms with Gasteiger partial charge in [-0.3, -0.25) is 14.0 Å². The molecule has 1 amide bonds. The molecule has 0 radical (unpaired) electrons. The van der Waals surface area contributed by atoms with Gasteiger partial charge in [-0.2, -0.15) is 0 Å². The van der Waals surface area contributed by atoms with Gasteiger partial charge in [-0.05, 0) is 47.0 Å². The average molecular weight is 500 g/mol. The molecular formula is C18H37IN4O2S. The Bertz CT molecular complexity index is 486. The van der Waals surface area contributed by atoms with Crippen LogP contribution >= 0.6 is 24.0 Å². The fraction of sp³-hybridized carbons (Fsp3) is 0.889. The lowest BCUT2D eigenvalue weighted by Crippen LogP contribution is -2.47. The first-order valence-corrected chi connectivity index (χ1v) is 10.9. The Morgan fingerprint density at radius 3 is 2.38 bits per heavy atom. The molecule has 0 aromatic heterocycles. The number of carbonyl (C=O) groups excluding carboxylic acids is 1. The lowest BCUT2D eigenvalue weighted by Gasteiger charge is -2.30. The zero-order valence-electron chi connectivity index (χ0n) is 16.9. The van der Waals surface area contributed by atoms with Crippen LogP contribution in [0.5, 0.6) is 0 Å². The molecule has 6 nitrogen and oxygen atoms in total. The highest BCUT2D eigenvalue weighted by Crippen LogP contribution is 2.23. The van der Waals surface area contributed by atoms with Crippen LogP contribution < -0.4 is 16.0 Å². The van der Waals surface area contributed by atoms with Crippen LogP contribution in [-0.4, -0.2) is 52.8 Å². The van der Waals surface area contributed by atoms with Crippen molar-refractivity contribution >= 4 is 46.6 Å². The maximum atomic E-state index is 12.1. The van der Waals surface area contributed by atoms with E-state index in [0.29, 0.717) is 19.1 Å². The fourth-order valence-corrected chi connectivity index (χ4v) is 4.36. The highest BCUT2D eigenvalue weighted by Gasteiger charge is 2.28. The number of rotatable bonds is 8. The van der Waals surface area contributed by atoms with E-state index in [-0.39, 0.29) is 35.1 Å². The third-order valence-corrected chi connectivity index (χ3v) is 6.29. The topological polar surface area (TPSA) is 82.6 Å². The van der Waals surface area contributed by atoms with Crippen molar-refractivity contribution in [1.82, 2.24) is 16.0 Å². The minimum absolute atomic E-state index is 0. The second kappa shape index (κ2) is 12.9. The van der Waals surface area contributed by atoms with E-state index in [4.69, 9.17) is 0 Å². The molecule has 1 aliphatic carbocycles. The highest BCUT2D eigenvalue weighted by atomic mass is 127. The standard InChI is InChI=1S/C18H36N4O2S.HI/c1-6-19-16(23)18(4,5)13-21-17(20-7-2)22-14-10-9-11-15(12-14)25(24)8-3;/h14-15H,6-13H2,1-5H3,(H,19,23)(H2,20,21,22);1H. The van der Waals surface area contributed by atoms with Crippen LogP contribution in [0.25, 0.3) is 0 Å². The van der Waals surface area contributed by atoms with Gasteiger partial charge in [0, 0.05) is 40.9 Å². The summed E-state index contributed by atoms with van der Waals surface area (Å²) in [4.78, 5) is 16.8. The van der Waals surface area contributed by atoms with Crippen LogP contribution in [-0.2, 0) is 15.6 Å². The molecule has 0 aromatic rings. The van der Waals surface area contributed by atoms with Crippen molar-refractivity contribution in [2.24, 2.45) is 10.4 Å². The van der Waals surface area contributed by atoms with Gasteiger partial charge in [-0.1, -0.05) is 13.3 Å². The largest absolute Gasteiger partial charge is 0.357 e. The molecule has 8 heteroatoms. The molecule has 26 heavy (non-hydrogen) atoms. The molecule has 1 saturated carbocycles. The maximum absolute atomic E-state index is 12.1. The van der Waals surface area contributed by atoms with Gasteiger partial charge < -0.3 is 16.0 Å². The summed E-state index contributed by atoms with van der Waals surface area (Å²) >= 11 is 0. The van der Waals surface area contributed by atoms with Gasteiger partial charge in [-0.25, -0.2) is 0 Å². The van der Waals surface area contributed by atoms with Crippen molar-refractivity contribution in [3.63, 3.8) is 0 Å². The molecule has 0 bridgehead atoms. The quantitative estimate of drug-likeness (QED) is 0.272. The van der Waals surface area contributed by atoms with Gasteiger partial charge >= 0.3 is 0 Å². The third-order valence-electron chi connectivity index (χ3n) is 4.55. The summed E-state index contributed by atoms with van der Waals surface area (Å²) in [6.07, 6.45) is 4.14. The first-order chi connectivity index (χ1) is 11.8. The van der Waals surface area contributed by atoms with Gasteiger partial charge in [0.25, 0.3) is 0 Å². The molecule has 154 valence electrons. The van der Waals surface area contributed by atoms with E-state index in [2.05, 4.69) is 20.9 Å². The predicted octanol–water partition coefficient (Wildman–Crippen LogP) is 2.40. The number of halogens is 1. The number of guanidine groups is 1. The molecule has 0 spiro atoms. The summed E-state index contributed by atoms with van der Waals surface area (Å²) in [6.45, 7) is 11.6. The van der Waals surface area contributed by atoms with Gasteiger partial charge in [-0.15, -0.1) is 24.0 Å². The van der Waals surface area contributed by atoms with Gasteiger partial charge in [0.1, 0.15) is 0 Å². The first-order valence-electron chi connectivity index (χ1n) is 9.54. The summed E-state index contributed by atoms with van der Waals surface area (Å²) < 4.78 is 12.1. The normalized spacial score (nSPS) is 22.1. The summed E-state index contributed by atoms with van der Waals surface area (Å²) in [6, 6.07) is 0.291. The number of nitrogens with zero attached hydrogens (tertiary/aromatic N) is 1. The molecule has 0 heterocycles. The van der Waals surface area contributed by atoms with Crippen LogP contribution in [0.15, 0.2) is 4.99 Å². The van der Waals surface area contributed by atoms with Crippen molar-refractivity contribution in [3.8, 4) is 0 Å². The second-order valence-corrected chi connectivity index (χ2v) is 9.24. The van der Waals surface area contributed by atoms with E-state index in [1.807, 2.05) is 34.6 Å². The Hall–Kier alpha value is -0.380. The monoisotopic (exact) mass is 500 g/mol. The Morgan fingerprint density at radius 2 is 1.81 bits per heavy atom. The van der Waals surface area contributed by atoms with E-state index < -0.39 is 16.2 Å². The first kappa shape index (κ1) is 25.6. The van der Waals surface area contributed by atoms with Crippen LogP contribution in [0, 0.1) is 5.41 Å². The second-order valence-electron chi connectivity index (χ2n) is 7.24. The van der Waals surface area contributed by atoms with Crippen LogP contribution in [0.1, 0.15) is 60.3 Å². The summed E-state index contributed by atoms with van der Waals surface area (Å²) in [5, 5.41) is 9.89. The molecule has 0 saturated heterocycles. The number of aliphatic imine (C=N–C) groups is 1. The Balaban J connectivity index is 0.00000625. The van der Waals surface area contributed by atoms with Crippen molar-refractivity contribution in [2.75, 3.05) is 25.4 Å². The number of nitrogens with one attached hydrogen (secondary N) is 3. The van der Waals surface area contributed by atoms with Crippen molar-refractivity contribution in [3.05, 3.63) is 0 Å². The molecule has 3 unspecified atom stereocenters. The van der Waals surface area contributed by atoms with E-state index >= 15 is 0 Å². The fourth-order valence-electron chi connectivity index (χ4n) is 3.01. The minimum atomic E-state index is -0.732. The zero-order chi connectivity index (χ0) is 18.9. The van der Waals surface area contributed by atoms with E-state index in [1.165, 1.54) is 0 Å². The number of hydrogen-bond acceptors (Lipinski definition) is 3. The lowest BCUT2D eigenvalue weighted by atomic mass is 9.92. The summed E-state index contributed by atoms with van der Waals surface area (Å²) in [7, 11) is -0.732. The Kier molecular flexibility index (Phi) is 12.7. The summed E-state index contributed by atoms with van der Waals surface area (Å²) in [5.74, 6) is 1.49. The zero-order valence-corrected chi connectivity index (χ0v) is 20.0. The van der Waals surface area contributed by atoms with Crippen molar-refractivity contribution in [2.45, 2.75) is 71.6 Å². The van der Waals surface area contributed by atoms with E-state index in [0.717, 1.165) is 43.9 Å². The highest BCUT2D eigenvalue weighted by molar-refractivity contribution is 14.0. The smallest absolute Gasteiger partial charge is 0.227 e. The summed E-state index contributed by atoms with van der Waals surface area (Å²) in [5.41, 5.74) is -0.544. The molecule has 0 aliphatic heterocycles. The molecule has 1 fully saturated rings. The predicted molar refractivity (Wildman–Crippen MR) is 122 cm³/mol. The molecule has 3 N–H and O–H groups in total. The third kappa shape index (κ3) is 8.54. The van der Waals surface area contributed by atoms with Gasteiger partial charge in [0.05, 0.1) is 12.0 Å². The molecule has 1 aliphatic rings. The average Bonchev–Trinajstić information content (AvgIpc) is 2.59. The van der Waals surface area contributed by atoms with Crippen LogP contribution in [0.3, 0.4) is 0 Å². The van der Waals surface area contributed by atoms with E-state index in [1.54, 1.807) is 0 Å². The SMILES string of the molecule is CCNC(=O)C(C)(C)CN=C(NCC)NC1CCCC(S(=O)CC)C1.I. The number of carbonyl (C=O) groups is 1. The Labute approximate surface area is 178 Å². The Morgan fingerprint density at radius 1 is 1.15 bits per heavy atom. The lowest BCUT2D eigenvalue weighted by molar-refractivity contribution is -0.128. The number of hydrogen-bond donors (Lipinski definition) is 3. The van der Waals surface area contributed by atoms with E-state index in [9.17, 15) is 9.00 Å². The van der Waals surface area contributed by atoms with Crippen molar-refractivity contribution < 1.29 is 9.00 Å². The van der Waals surface area contributed by atoms with Crippen molar-refractivity contribution in [1.29, 1.82) is 0 Å². The molecule has 0 aromatic carbocycles. The van der Waals surface area contributed by atoms with Crippen LogP contribution in [0.4, 0.5) is 0 Å². The van der Waals surface area contributed by atoms with Gasteiger partial charge in [0.2, 0.25) is 5.91 Å². The molecule has 1 rings (SSSR count). The van der Waals surface area contributed by atoms with Crippen LogP contribution in [0.2, 0.25) is 0 Å². The number of amides is 1. The minimum Gasteiger partial charge on any atom is -0.357 e. The molecule has 3 atom stereocenters.